The lowest BCUT2D eigenvalue weighted by Crippen LogP contribution is -2.29. The van der Waals surface area contributed by atoms with Crippen LogP contribution < -0.4 is 5.32 Å². The first kappa shape index (κ1) is 17.5. The summed E-state index contributed by atoms with van der Waals surface area (Å²) in [6.45, 7) is 1.91. The van der Waals surface area contributed by atoms with Gasteiger partial charge in [0.05, 0.1) is 7.11 Å². The van der Waals surface area contributed by atoms with Gasteiger partial charge in [0.25, 0.3) is 0 Å². The SMILES string of the molecule is COC(=O)CCCNC(=O)Cn1nnc(-c2ccc(F)c(C)c2)n1. The Bertz CT molecular complexity index is 732. The van der Waals surface area contributed by atoms with Crippen molar-refractivity contribution >= 4 is 11.9 Å². The molecule has 0 spiro atoms. The first-order chi connectivity index (χ1) is 11.5. The van der Waals surface area contributed by atoms with Crippen molar-refractivity contribution in [3.8, 4) is 11.4 Å². The number of ether oxygens (including phenoxy) is 1. The summed E-state index contributed by atoms with van der Waals surface area (Å²) in [5, 5.41) is 14.4. The van der Waals surface area contributed by atoms with Crippen LogP contribution in [0, 0.1) is 12.7 Å². The highest BCUT2D eigenvalue weighted by molar-refractivity contribution is 5.75. The number of esters is 1. The van der Waals surface area contributed by atoms with E-state index in [0.29, 0.717) is 29.9 Å². The van der Waals surface area contributed by atoms with Gasteiger partial charge >= 0.3 is 5.97 Å². The summed E-state index contributed by atoms with van der Waals surface area (Å²) in [4.78, 5) is 23.9. The van der Waals surface area contributed by atoms with E-state index in [1.165, 1.54) is 13.2 Å². The zero-order chi connectivity index (χ0) is 17.5. The second-order valence-electron chi connectivity index (χ2n) is 5.14. The minimum Gasteiger partial charge on any atom is -0.469 e. The predicted octanol–water partition coefficient (Wildman–Crippen LogP) is 0.857. The molecule has 0 bridgehead atoms. The van der Waals surface area contributed by atoms with Crippen molar-refractivity contribution in [3.05, 3.63) is 29.6 Å². The van der Waals surface area contributed by atoms with Gasteiger partial charge in [-0.25, -0.2) is 4.39 Å². The van der Waals surface area contributed by atoms with E-state index in [2.05, 4.69) is 25.5 Å². The highest BCUT2D eigenvalue weighted by atomic mass is 19.1. The van der Waals surface area contributed by atoms with E-state index in [1.54, 1.807) is 19.1 Å². The molecule has 128 valence electrons. The van der Waals surface area contributed by atoms with Gasteiger partial charge in [-0.2, -0.15) is 4.80 Å². The first-order valence-electron chi connectivity index (χ1n) is 7.37. The second-order valence-corrected chi connectivity index (χ2v) is 5.14. The zero-order valence-electron chi connectivity index (χ0n) is 13.5. The van der Waals surface area contributed by atoms with E-state index in [0.717, 1.165) is 4.80 Å². The molecule has 0 aliphatic rings. The highest BCUT2D eigenvalue weighted by Gasteiger charge is 2.10. The van der Waals surface area contributed by atoms with Gasteiger partial charge in [-0.15, -0.1) is 10.2 Å². The number of benzene rings is 1. The van der Waals surface area contributed by atoms with Gasteiger partial charge in [-0.1, -0.05) is 0 Å². The van der Waals surface area contributed by atoms with Gasteiger partial charge in [-0.3, -0.25) is 9.59 Å². The molecule has 0 unspecified atom stereocenters. The molecule has 0 fully saturated rings. The van der Waals surface area contributed by atoms with Crippen molar-refractivity contribution < 1.29 is 18.7 Å². The average molecular weight is 335 g/mol. The number of amides is 1. The molecule has 2 rings (SSSR count). The summed E-state index contributed by atoms with van der Waals surface area (Å²) in [6.07, 6.45) is 0.732. The monoisotopic (exact) mass is 335 g/mol. The number of hydrogen-bond donors (Lipinski definition) is 1. The fourth-order valence-corrected chi connectivity index (χ4v) is 1.96. The summed E-state index contributed by atoms with van der Waals surface area (Å²) in [5.41, 5.74) is 1.10. The van der Waals surface area contributed by atoms with Crippen LogP contribution in [0.3, 0.4) is 0 Å². The molecule has 9 heteroatoms. The van der Waals surface area contributed by atoms with Gasteiger partial charge in [0.2, 0.25) is 11.7 Å². The zero-order valence-corrected chi connectivity index (χ0v) is 13.5. The molecule has 1 amide bonds. The summed E-state index contributed by atoms with van der Waals surface area (Å²) >= 11 is 0. The van der Waals surface area contributed by atoms with E-state index < -0.39 is 0 Å². The summed E-state index contributed by atoms with van der Waals surface area (Å²) in [5.74, 6) is -0.602. The van der Waals surface area contributed by atoms with Crippen molar-refractivity contribution in [2.75, 3.05) is 13.7 Å². The number of halogens is 1. The fraction of sp³-hybridized carbons (Fsp3) is 0.400. The van der Waals surface area contributed by atoms with Crippen LogP contribution in [0.4, 0.5) is 4.39 Å². The van der Waals surface area contributed by atoms with Crippen LogP contribution in [0.25, 0.3) is 11.4 Å². The van der Waals surface area contributed by atoms with Crippen molar-refractivity contribution in [1.29, 1.82) is 0 Å². The number of methoxy groups -OCH3 is 1. The number of carbonyl (C=O) groups is 2. The molecule has 24 heavy (non-hydrogen) atoms. The minimum atomic E-state index is -0.318. The number of hydrogen-bond acceptors (Lipinski definition) is 6. The maximum absolute atomic E-state index is 13.3. The maximum Gasteiger partial charge on any atom is 0.305 e. The van der Waals surface area contributed by atoms with Crippen molar-refractivity contribution in [1.82, 2.24) is 25.5 Å². The smallest absolute Gasteiger partial charge is 0.305 e. The van der Waals surface area contributed by atoms with Crippen LogP contribution in [0.15, 0.2) is 18.2 Å². The summed E-state index contributed by atoms with van der Waals surface area (Å²) < 4.78 is 17.8. The Kier molecular flexibility index (Phi) is 5.94. The Morgan fingerprint density at radius 3 is 2.88 bits per heavy atom. The molecule has 8 nitrogen and oxygen atoms in total. The fourth-order valence-electron chi connectivity index (χ4n) is 1.96. The average Bonchev–Trinajstić information content (AvgIpc) is 3.02. The van der Waals surface area contributed by atoms with Gasteiger partial charge in [0, 0.05) is 18.5 Å². The van der Waals surface area contributed by atoms with Crippen LogP contribution in [0.5, 0.6) is 0 Å². The van der Waals surface area contributed by atoms with E-state index in [4.69, 9.17) is 0 Å². The van der Waals surface area contributed by atoms with Crippen molar-refractivity contribution in [2.24, 2.45) is 0 Å². The van der Waals surface area contributed by atoms with Crippen LogP contribution in [0.1, 0.15) is 18.4 Å². The van der Waals surface area contributed by atoms with Crippen LogP contribution in [0.2, 0.25) is 0 Å². The van der Waals surface area contributed by atoms with Crippen LogP contribution in [-0.2, 0) is 20.9 Å². The minimum absolute atomic E-state index is 0.0919. The third-order valence-electron chi connectivity index (χ3n) is 3.26. The van der Waals surface area contributed by atoms with E-state index >= 15 is 0 Å². The molecule has 1 heterocycles. The lowest BCUT2D eigenvalue weighted by Gasteiger charge is -2.03. The number of aryl methyl sites for hydroxylation is 1. The molecular formula is C15H18FN5O3. The normalized spacial score (nSPS) is 10.5. The van der Waals surface area contributed by atoms with E-state index in [9.17, 15) is 14.0 Å². The molecule has 1 aromatic carbocycles. The summed E-state index contributed by atoms with van der Waals surface area (Å²) in [6, 6.07) is 4.50. The molecular weight excluding hydrogens is 317 g/mol. The molecule has 2 aromatic rings. The Hall–Kier alpha value is -2.84. The molecule has 0 saturated carbocycles. The second kappa shape index (κ2) is 8.14. The molecule has 0 aliphatic heterocycles. The molecule has 0 aliphatic carbocycles. The maximum atomic E-state index is 13.3. The predicted molar refractivity (Wildman–Crippen MR) is 82.2 cm³/mol. The Balaban J connectivity index is 1.85. The lowest BCUT2D eigenvalue weighted by atomic mass is 10.1. The molecule has 0 atom stereocenters. The van der Waals surface area contributed by atoms with Crippen LogP contribution in [-0.4, -0.2) is 45.7 Å². The molecule has 0 saturated heterocycles. The van der Waals surface area contributed by atoms with Gasteiger partial charge in [0.1, 0.15) is 12.4 Å². The van der Waals surface area contributed by atoms with Crippen molar-refractivity contribution in [3.63, 3.8) is 0 Å². The van der Waals surface area contributed by atoms with Gasteiger partial charge < -0.3 is 10.1 Å². The largest absolute Gasteiger partial charge is 0.469 e. The highest BCUT2D eigenvalue weighted by Crippen LogP contribution is 2.17. The molecule has 1 N–H and O–H groups in total. The summed E-state index contributed by atoms with van der Waals surface area (Å²) in [7, 11) is 1.32. The molecule has 0 radical (unpaired) electrons. The van der Waals surface area contributed by atoms with Gasteiger partial charge in [-0.05, 0) is 42.3 Å². The van der Waals surface area contributed by atoms with E-state index in [-0.39, 0.29) is 30.7 Å². The van der Waals surface area contributed by atoms with Gasteiger partial charge in [0.15, 0.2) is 0 Å². The lowest BCUT2D eigenvalue weighted by molar-refractivity contribution is -0.140. The Morgan fingerprint density at radius 1 is 1.38 bits per heavy atom. The number of tetrazole rings is 1. The Labute approximate surface area is 138 Å². The number of rotatable bonds is 7. The molecule has 1 aromatic heterocycles. The first-order valence-corrected chi connectivity index (χ1v) is 7.37. The van der Waals surface area contributed by atoms with E-state index in [1.807, 2.05) is 0 Å². The standard InChI is InChI=1S/C15H18FN5O3/c1-10-8-11(5-6-12(10)16)15-18-20-21(19-15)9-13(22)17-7-3-4-14(23)24-2/h5-6,8H,3-4,7,9H2,1-2H3,(H,17,22). The third-order valence-corrected chi connectivity index (χ3v) is 3.26. The van der Waals surface area contributed by atoms with Crippen molar-refractivity contribution in [2.45, 2.75) is 26.3 Å². The topological polar surface area (TPSA) is 99.0 Å². The number of nitrogens with one attached hydrogen (secondary N) is 1. The third kappa shape index (κ3) is 4.83. The number of aromatic nitrogens is 4. The van der Waals surface area contributed by atoms with Crippen LogP contribution >= 0.6 is 0 Å². The Morgan fingerprint density at radius 2 is 2.17 bits per heavy atom. The number of nitrogens with zero attached hydrogens (tertiary/aromatic N) is 4. The number of carbonyl (C=O) groups excluding carboxylic acids is 2. The quantitative estimate of drug-likeness (QED) is 0.595.